The molecule has 1 aliphatic rings. The van der Waals surface area contributed by atoms with Gasteiger partial charge in [-0.25, -0.2) is 0 Å². The Morgan fingerprint density at radius 1 is 1.21 bits per heavy atom. The second kappa shape index (κ2) is 8.06. The van der Waals surface area contributed by atoms with Crippen LogP contribution >= 0.6 is 11.6 Å². The molecule has 1 aliphatic heterocycles. The van der Waals surface area contributed by atoms with Gasteiger partial charge in [-0.2, -0.15) is 0 Å². The van der Waals surface area contributed by atoms with Crippen LogP contribution in [0.5, 0.6) is 11.5 Å². The molecule has 0 fully saturated rings. The monoisotopic (exact) mass is 405 g/mol. The Kier molecular flexibility index (Phi) is 5.33. The summed E-state index contributed by atoms with van der Waals surface area (Å²) in [6.07, 6.45) is 5.64. The van der Waals surface area contributed by atoms with Crippen molar-refractivity contribution in [3.05, 3.63) is 64.7 Å². The van der Waals surface area contributed by atoms with E-state index >= 15 is 0 Å². The molecule has 5 heteroatoms. The number of terminal acetylenes is 1. The quantitative estimate of drug-likeness (QED) is 0.580. The summed E-state index contributed by atoms with van der Waals surface area (Å²) in [5.74, 6) is 3.21. The second-order valence-corrected chi connectivity index (χ2v) is 7.22. The maximum atomic E-state index is 12.4. The van der Waals surface area contributed by atoms with Gasteiger partial charge in [0.25, 0.3) is 0 Å². The Labute approximate surface area is 174 Å². The number of hydrogen-bond donors (Lipinski definition) is 1. The number of ether oxygens (including phenoxy) is 2. The van der Waals surface area contributed by atoms with Gasteiger partial charge in [-0.05, 0) is 47.0 Å². The standard InChI is InChI=1S/C24H20ClNO3/c1-3-11-29-24-19(25)12-16(13-21(24)28-4-2)18-14-22(27)26-20-10-9-15-7-5-6-8-17(15)23(18)20/h1,5-10,12-13,18H,4,11,14H2,2H3,(H,26,27)/t18-/m1/s1. The number of hydrogen-bond acceptors (Lipinski definition) is 3. The highest BCUT2D eigenvalue weighted by molar-refractivity contribution is 6.32. The first-order valence-corrected chi connectivity index (χ1v) is 9.84. The fraction of sp³-hybridized carbons (Fsp3) is 0.208. The van der Waals surface area contributed by atoms with Gasteiger partial charge in [0.15, 0.2) is 11.5 Å². The first-order valence-electron chi connectivity index (χ1n) is 9.46. The molecule has 1 heterocycles. The van der Waals surface area contributed by atoms with Gasteiger partial charge in [-0.15, -0.1) is 6.42 Å². The first-order chi connectivity index (χ1) is 14.1. The topological polar surface area (TPSA) is 47.6 Å². The number of rotatable bonds is 5. The molecule has 0 saturated heterocycles. The number of nitrogens with one attached hydrogen (secondary N) is 1. The van der Waals surface area contributed by atoms with Crippen molar-refractivity contribution in [2.75, 3.05) is 18.5 Å². The van der Waals surface area contributed by atoms with E-state index in [1.54, 1.807) is 0 Å². The van der Waals surface area contributed by atoms with Crippen molar-refractivity contribution in [2.24, 2.45) is 0 Å². The Balaban J connectivity index is 1.88. The molecule has 1 N–H and O–H groups in total. The lowest BCUT2D eigenvalue weighted by Crippen LogP contribution is -2.23. The third kappa shape index (κ3) is 3.62. The van der Waals surface area contributed by atoms with Crippen molar-refractivity contribution in [3.8, 4) is 23.8 Å². The van der Waals surface area contributed by atoms with Gasteiger partial charge < -0.3 is 14.8 Å². The van der Waals surface area contributed by atoms with Gasteiger partial charge in [-0.1, -0.05) is 47.9 Å². The average molecular weight is 406 g/mol. The Hall–Kier alpha value is -3.16. The minimum Gasteiger partial charge on any atom is -0.490 e. The molecular weight excluding hydrogens is 386 g/mol. The molecule has 0 radical (unpaired) electrons. The van der Waals surface area contributed by atoms with Gasteiger partial charge in [0.1, 0.15) is 6.61 Å². The van der Waals surface area contributed by atoms with Gasteiger partial charge in [0.05, 0.1) is 11.6 Å². The highest BCUT2D eigenvalue weighted by atomic mass is 35.5. The molecule has 0 spiro atoms. The number of halogens is 1. The van der Waals surface area contributed by atoms with Gasteiger partial charge in [-0.3, -0.25) is 4.79 Å². The highest BCUT2D eigenvalue weighted by Gasteiger charge is 2.29. The number of amides is 1. The van der Waals surface area contributed by atoms with Crippen LogP contribution < -0.4 is 14.8 Å². The molecule has 4 nitrogen and oxygen atoms in total. The Morgan fingerprint density at radius 3 is 2.83 bits per heavy atom. The van der Waals surface area contributed by atoms with E-state index in [4.69, 9.17) is 27.5 Å². The molecular formula is C24H20ClNO3. The number of benzene rings is 3. The highest BCUT2D eigenvalue weighted by Crippen LogP contribution is 2.45. The molecule has 0 bridgehead atoms. The van der Waals surface area contributed by atoms with Crippen molar-refractivity contribution in [1.29, 1.82) is 0 Å². The van der Waals surface area contributed by atoms with Gasteiger partial charge in [0, 0.05) is 18.0 Å². The molecule has 0 aromatic heterocycles. The maximum absolute atomic E-state index is 12.4. The third-order valence-electron chi connectivity index (χ3n) is 5.02. The fourth-order valence-corrected chi connectivity index (χ4v) is 4.13. The Morgan fingerprint density at radius 2 is 2.03 bits per heavy atom. The van der Waals surface area contributed by atoms with Crippen LogP contribution in [-0.4, -0.2) is 19.1 Å². The van der Waals surface area contributed by atoms with E-state index in [0.29, 0.717) is 29.5 Å². The molecule has 0 aliphatic carbocycles. The van der Waals surface area contributed by atoms with Crippen LogP contribution in [0.1, 0.15) is 30.4 Å². The summed E-state index contributed by atoms with van der Waals surface area (Å²) in [6.45, 7) is 2.44. The summed E-state index contributed by atoms with van der Waals surface area (Å²) in [4.78, 5) is 12.4. The van der Waals surface area contributed by atoms with E-state index in [0.717, 1.165) is 27.6 Å². The van der Waals surface area contributed by atoms with Crippen LogP contribution in [0, 0.1) is 12.3 Å². The lowest BCUT2D eigenvalue weighted by molar-refractivity contribution is -0.116. The van der Waals surface area contributed by atoms with Crippen molar-refractivity contribution >= 4 is 34.0 Å². The minimum atomic E-state index is -0.150. The number of anilines is 1. The maximum Gasteiger partial charge on any atom is 0.225 e. The zero-order valence-corrected chi connectivity index (χ0v) is 16.8. The normalized spacial score (nSPS) is 15.3. The van der Waals surface area contributed by atoms with Crippen LogP contribution in [0.15, 0.2) is 48.5 Å². The number of carbonyl (C=O) groups excluding carboxylic acids is 1. The zero-order valence-electron chi connectivity index (χ0n) is 16.0. The van der Waals surface area contributed by atoms with Crippen molar-refractivity contribution < 1.29 is 14.3 Å². The molecule has 0 saturated carbocycles. The molecule has 1 atom stereocenters. The van der Waals surface area contributed by atoms with E-state index < -0.39 is 0 Å². The van der Waals surface area contributed by atoms with E-state index in [2.05, 4.69) is 23.4 Å². The SMILES string of the molecule is C#CCOc1c(Cl)cc([C@H]2CC(=O)Nc3ccc4ccccc4c32)cc1OCC. The van der Waals surface area contributed by atoms with Crippen molar-refractivity contribution in [3.63, 3.8) is 0 Å². The molecule has 0 unspecified atom stereocenters. The summed E-state index contributed by atoms with van der Waals surface area (Å²) in [5.41, 5.74) is 2.81. The molecule has 146 valence electrons. The number of carbonyl (C=O) groups is 1. The van der Waals surface area contributed by atoms with Gasteiger partial charge in [0.2, 0.25) is 5.91 Å². The Bertz CT molecular complexity index is 1130. The molecule has 29 heavy (non-hydrogen) atoms. The smallest absolute Gasteiger partial charge is 0.225 e. The summed E-state index contributed by atoms with van der Waals surface area (Å²) in [5, 5.41) is 5.64. The summed E-state index contributed by atoms with van der Waals surface area (Å²) in [6, 6.07) is 15.9. The summed E-state index contributed by atoms with van der Waals surface area (Å²) in [7, 11) is 0. The van der Waals surface area contributed by atoms with Crippen molar-refractivity contribution in [2.45, 2.75) is 19.3 Å². The zero-order chi connectivity index (χ0) is 20.4. The average Bonchev–Trinajstić information content (AvgIpc) is 2.72. The van der Waals surface area contributed by atoms with Crippen molar-refractivity contribution in [1.82, 2.24) is 0 Å². The van der Waals surface area contributed by atoms with E-state index in [1.165, 1.54) is 0 Å². The first kappa shape index (κ1) is 19.2. The lowest BCUT2D eigenvalue weighted by Gasteiger charge is -2.28. The molecule has 1 amide bonds. The molecule has 3 aromatic rings. The van der Waals surface area contributed by atoms with Crippen LogP contribution in [0.2, 0.25) is 5.02 Å². The van der Waals surface area contributed by atoms with Crippen LogP contribution in [0.25, 0.3) is 10.8 Å². The summed E-state index contributed by atoms with van der Waals surface area (Å²) >= 11 is 6.53. The predicted octanol–water partition coefficient (Wildman–Crippen LogP) is 5.38. The van der Waals surface area contributed by atoms with Crippen LogP contribution in [0.4, 0.5) is 5.69 Å². The molecule has 3 aromatic carbocycles. The van der Waals surface area contributed by atoms with Crippen LogP contribution in [-0.2, 0) is 4.79 Å². The largest absolute Gasteiger partial charge is 0.490 e. The third-order valence-corrected chi connectivity index (χ3v) is 5.30. The predicted molar refractivity (Wildman–Crippen MR) is 116 cm³/mol. The fourth-order valence-electron chi connectivity index (χ4n) is 3.86. The second-order valence-electron chi connectivity index (χ2n) is 6.81. The van der Waals surface area contributed by atoms with Crippen LogP contribution in [0.3, 0.4) is 0 Å². The van der Waals surface area contributed by atoms with E-state index in [9.17, 15) is 4.79 Å². The van der Waals surface area contributed by atoms with E-state index in [1.807, 2.05) is 43.3 Å². The summed E-state index contributed by atoms with van der Waals surface area (Å²) < 4.78 is 11.4. The minimum absolute atomic E-state index is 0.0282. The van der Waals surface area contributed by atoms with Gasteiger partial charge >= 0.3 is 0 Å². The van der Waals surface area contributed by atoms with E-state index in [-0.39, 0.29) is 18.4 Å². The lowest BCUT2D eigenvalue weighted by atomic mass is 9.82. The number of fused-ring (bicyclic) bond motifs is 3. The molecule has 4 rings (SSSR count).